The molecule has 0 bridgehead atoms. The van der Waals surface area contributed by atoms with Gasteiger partial charge in [0.2, 0.25) is 11.8 Å². The second-order valence-electron chi connectivity index (χ2n) is 5.12. The van der Waals surface area contributed by atoms with E-state index in [-0.39, 0.29) is 0 Å². The van der Waals surface area contributed by atoms with Crippen LogP contribution in [0.3, 0.4) is 0 Å². The summed E-state index contributed by atoms with van der Waals surface area (Å²) in [6.45, 7) is 8.02. The second kappa shape index (κ2) is 7.48. The van der Waals surface area contributed by atoms with E-state index in [4.69, 9.17) is 8.94 Å². The highest BCUT2D eigenvalue weighted by Gasteiger charge is 2.12. The molecule has 0 aliphatic rings. The Morgan fingerprint density at radius 2 is 1.83 bits per heavy atom. The minimum atomic E-state index is 0.480. The molecule has 8 heteroatoms. The number of rotatable bonds is 7. The zero-order chi connectivity index (χ0) is 16.9. The molecule has 0 spiro atoms. The summed E-state index contributed by atoms with van der Waals surface area (Å²) in [6.07, 6.45) is 0. The molecule has 0 aliphatic heterocycles. The van der Waals surface area contributed by atoms with Gasteiger partial charge in [-0.2, -0.15) is 4.98 Å². The lowest BCUT2D eigenvalue weighted by Crippen LogP contribution is -2.21. The molecule has 3 aromatic rings. The highest BCUT2D eigenvalue weighted by Crippen LogP contribution is 2.26. The molecule has 0 saturated carbocycles. The normalized spacial score (nSPS) is 11.0. The minimum absolute atomic E-state index is 0.480. The number of aromatic nitrogens is 4. The zero-order valence-electron chi connectivity index (χ0n) is 13.9. The zero-order valence-corrected chi connectivity index (χ0v) is 14.7. The van der Waals surface area contributed by atoms with E-state index in [9.17, 15) is 0 Å². The first kappa shape index (κ1) is 16.5. The summed E-state index contributed by atoms with van der Waals surface area (Å²) in [5, 5.41) is 12.4. The first-order valence-electron chi connectivity index (χ1n) is 7.80. The standard InChI is InChI=1S/C16H19N5O2S/c1-4-21(5-2)13-8-6-12(7-9-13)15-18-19-16(22-15)24-10-14-17-11(3)20-23-14/h6-9H,4-5,10H2,1-3H3. The molecule has 7 nitrogen and oxygen atoms in total. The van der Waals surface area contributed by atoms with Crippen LogP contribution in [0.1, 0.15) is 25.6 Å². The molecule has 2 heterocycles. The Bertz CT molecular complexity index is 780. The van der Waals surface area contributed by atoms with Crippen LogP contribution in [0.15, 0.2) is 38.4 Å². The first-order valence-corrected chi connectivity index (χ1v) is 8.79. The number of anilines is 1. The molecule has 0 saturated heterocycles. The van der Waals surface area contributed by atoms with Gasteiger partial charge < -0.3 is 13.8 Å². The third-order valence-electron chi connectivity index (χ3n) is 3.54. The van der Waals surface area contributed by atoms with Crippen LogP contribution < -0.4 is 4.90 Å². The molecule has 2 aromatic heterocycles. The van der Waals surface area contributed by atoms with Crippen molar-refractivity contribution in [2.45, 2.75) is 31.7 Å². The Kier molecular flexibility index (Phi) is 5.14. The van der Waals surface area contributed by atoms with Gasteiger partial charge in [-0.15, -0.1) is 10.2 Å². The molecule has 0 unspecified atom stereocenters. The summed E-state index contributed by atoms with van der Waals surface area (Å²) >= 11 is 1.37. The van der Waals surface area contributed by atoms with E-state index in [2.05, 4.69) is 51.2 Å². The Labute approximate surface area is 144 Å². The van der Waals surface area contributed by atoms with Crippen LogP contribution in [0, 0.1) is 6.92 Å². The van der Waals surface area contributed by atoms with Crippen LogP contribution in [-0.2, 0) is 5.75 Å². The number of hydrogen-bond acceptors (Lipinski definition) is 8. The average Bonchev–Trinajstić information content (AvgIpc) is 3.24. The van der Waals surface area contributed by atoms with Gasteiger partial charge in [-0.05, 0) is 45.0 Å². The molecular weight excluding hydrogens is 326 g/mol. The Hall–Kier alpha value is -2.35. The summed E-state index contributed by atoms with van der Waals surface area (Å²) in [5.74, 6) is 2.17. The van der Waals surface area contributed by atoms with Crippen molar-refractivity contribution in [3.05, 3.63) is 36.0 Å². The van der Waals surface area contributed by atoms with Crippen LogP contribution >= 0.6 is 11.8 Å². The molecule has 3 rings (SSSR count). The monoisotopic (exact) mass is 345 g/mol. The maximum absolute atomic E-state index is 5.69. The predicted octanol–water partition coefficient (Wildman–Crippen LogP) is 3.57. The molecule has 1 aromatic carbocycles. The third-order valence-corrected chi connectivity index (χ3v) is 4.34. The van der Waals surface area contributed by atoms with E-state index < -0.39 is 0 Å². The lowest BCUT2D eigenvalue weighted by Gasteiger charge is -2.20. The van der Waals surface area contributed by atoms with Crippen molar-refractivity contribution in [3.63, 3.8) is 0 Å². The van der Waals surface area contributed by atoms with Gasteiger partial charge in [0.05, 0.1) is 5.75 Å². The van der Waals surface area contributed by atoms with Gasteiger partial charge in [0, 0.05) is 24.3 Å². The SMILES string of the molecule is CCN(CC)c1ccc(-c2nnc(SCc3nc(C)no3)o2)cc1. The fraction of sp³-hybridized carbons (Fsp3) is 0.375. The van der Waals surface area contributed by atoms with Crippen LogP contribution in [0.25, 0.3) is 11.5 Å². The van der Waals surface area contributed by atoms with Crippen molar-refractivity contribution in [1.29, 1.82) is 0 Å². The van der Waals surface area contributed by atoms with Gasteiger partial charge in [-0.3, -0.25) is 0 Å². The molecule has 0 radical (unpaired) electrons. The lowest BCUT2D eigenvalue weighted by atomic mass is 10.2. The Morgan fingerprint density at radius 3 is 2.46 bits per heavy atom. The van der Waals surface area contributed by atoms with Gasteiger partial charge in [-0.25, -0.2) is 0 Å². The van der Waals surface area contributed by atoms with Crippen LogP contribution in [0.5, 0.6) is 0 Å². The number of aryl methyl sites for hydroxylation is 1. The van der Waals surface area contributed by atoms with Gasteiger partial charge in [0.15, 0.2) is 5.82 Å². The van der Waals surface area contributed by atoms with Crippen LogP contribution in [0.4, 0.5) is 5.69 Å². The molecular formula is C16H19N5O2S. The highest BCUT2D eigenvalue weighted by molar-refractivity contribution is 7.98. The van der Waals surface area contributed by atoms with E-state index in [0.29, 0.717) is 28.6 Å². The maximum atomic E-state index is 5.69. The van der Waals surface area contributed by atoms with E-state index in [1.807, 2.05) is 12.1 Å². The van der Waals surface area contributed by atoms with E-state index >= 15 is 0 Å². The molecule has 0 atom stereocenters. The number of nitrogens with zero attached hydrogens (tertiary/aromatic N) is 5. The van der Waals surface area contributed by atoms with E-state index in [0.717, 1.165) is 18.7 Å². The van der Waals surface area contributed by atoms with Crippen LogP contribution in [0.2, 0.25) is 0 Å². The fourth-order valence-electron chi connectivity index (χ4n) is 2.31. The van der Waals surface area contributed by atoms with Crippen LogP contribution in [-0.4, -0.2) is 33.4 Å². The summed E-state index contributed by atoms with van der Waals surface area (Å²) < 4.78 is 10.7. The maximum Gasteiger partial charge on any atom is 0.277 e. The quantitative estimate of drug-likeness (QED) is 0.601. The minimum Gasteiger partial charge on any atom is -0.411 e. The summed E-state index contributed by atoms with van der Waals surface area (Å²) in [5.41, 5.74) is 2.09. The van der Waals surface area contributed by atoms with Gasteiger partial charge in [-0.1, -0.05) is 16.9 Å². The average molecular weight is 345 g/mol. The van der Waals surface area contributed by atoms with Crippen molar-refractivity contribution < 1.29 is 8.94 Å². The Balaban J connectivity index is 1.66. The molecule has 0 fully saturated rings. The largest absolute Gasteiger partial charge is 0.411 e. The number of hydrogen-bond donors (Lipinski definition) is 0. The molecule has 126 valence electrons. The Morgan fingerprint density at radius 1 is 1.08 bits per heavy atom. The first-order chi connectivity index (χ1) is 11.7. The molecule has 24 heavy (non-hydrogen) atoms. The van der Waals surface area contributed by atoms with Gasteiger partial charge in [0.1, 0.15) is 0 Å². The molecule has 0 amide bonds. The van der Waals surface area contributed by atoms with Crippen molar-refractivity contribution >= 4 is 17.4 Å². The van der Waals surface area contributed by atoms with Crippen molar-refractivity contribution in [1.82, 2.24) is 20.3 Å². The molecule has 0 aliphatic carbocycles. The van der Waals surface area contributed by atoms with Gasteiger partial charge >= 0.3 is 0 Å². The fourth-order valence-corrected chi connectivity index (χ4v) is 2.91. The molecule has 0 N–H and O–H groups in total. The third kappa shape index (κ3) is 3.76. The second-order valence-corrected chi connectivity index (χ2v) is 6.04. The van der Waals surface area contributed by atoms with Crippen molar-refractivity contribution in [3.8, 4) is 11.5 Å². The topological polar surface area (TPSA) is 81.1 Å². The number of thioether (sulfide) groups is 1. The van der Waals surface area contributed by atoms with Crippen molar-refractivity contribution in [2.75, 3.05) is 18.0 Å². The number of benzene rings is 1. The highest BCUT2D eigenvalue weighted by atomic mass is 32.2. The summed E-state index contributed by atoms with van der Waals surface area (Å²) in [4.78, 5) is 6.42. The predicted molar refractivity (Wildman–Crippen MR) is 91.9 cm³/mol. The smallest absolute Gasteiger partial charge is 0.277 e. The summed E-state index contributed by atoms with van der Waals surface area (Å²) in [6, 6.07) is 8.13. The lowest BCUT2D eigenvalue weighted by molar-refractivity contribution is 0.386. The van der Waals surface area contributed by atoms with Gasteiger partial charge in [0.25, 0.3) is 5.22 Å². The van der Waals surface area contributed by atoms with E-state index in [1.165, 1.54) is 17.4 Å². The van der Waals surface area contributed by atoms with E-state index in [1.54, 1.807) is 6.92 Å². The van der Waals surface area contributed by atoms with Crippen molar-refractivity contribution in [2.24, 2.45) is 0 Å². The summed E-state index contributed by atoms with van der Waals surface area (Å²) in [7, 11) is 0.